The maximum atomic E-state index is 5.97. The molecule has 0 aliphatic rings. The highest BCUT2D eigenvalue weighted by atomic mass is 16.5. The van der Waals surface area contributed by atoms with Crippen molar-refractivity contribution in [1.82, 2.24) is 10.6 Å². The lowest BCUT2D eigenvalue weighted by Gasteiger charge is -2.16. The first-order valence-corrected chi connectivity index (χ1v) is 8.90. The second kappa shape index (κ2) is 12.6. The maximum Gasteiger partial charge on any atom is 0.191 e. The summed E-state index contributed by atoms with van der Waals surface area (Å²) in [6.45, 7) is 9.40. The number of ether oxygens (including phenoxy) is 2. The molecule has 1 rings (SSSR count). The van der Waals surface area contributed by atoms with Gasteiger partial charge in [-0.25, -0.2) is 4.99 Å². The Morgan fingerprint density at radius 2 is 1.96 bits per heavy atom. The highest BCUT2D eigenvalue weighted by Crippen LogP contribution is 2.17. The summed E-state index contributed by atoms with van der Waals surface area (Å²) in [5.41, 5.74) is 1.15. The van der Waals surface area contributed by atoms with Crippen LogP contribution in [0.3, 0.4) is 0 Å². The largest absolute Gasteiger partial charge is 0.489 e. The van der Waals surface area contributed by atoms with Crippen LogP contribution in [0.4, 0.5) is 0 Å². The van der Waals surface area contributed by atoms with Crippen molar-refractivity contribution in [1.29, 1.82) is 0 Å². The van der Waals surface area contributed by atoms with Gasteiger partial charge in [0.25, 0.3) is 0 Å². The first kappa shape index (κ1) is 20.3. The topological polar surface area (TPSA) is 54.9 Å². The van der Waals surface area contributed by atoms with Crippen molar-refractivity contribution in [2.24, 2.45) is 4.99 Å². The number of hydrogen-bond donors (Lipinski definition) is 2. The number of aryl methyl sites for hydroxylation is 1. The van der Waals surface area contributed by atoms with Crippen molar-refractivity contribution in [3.63, 3.8) is 0 Å². The van der Waals surface area contributed by atoms with Gasteiger partial charge in [-0.05, 0) is 51.7 Å². The molecule has 0 aromatic heterocycles. The van der Waals surface area contributed by atoms with Crippen LogP contribution in [0.2, 0.25) is 0 Å². The Balaban J connectivity index is 2.36. The molecular weight excluding hydrogens is 302 g/mol. The van der Waals surface area contributed by atoms with Crippen LogP contribution in [0.1, 0.15) is 38.7 Å². The van der Waals surface area contributed by atoms with E-state index in [4.69, 9.17) is 9.47 Å². The van der Waals surface area contributed by atoms with Gasteiger partial charge >= 0.3 is 0 Å². The summed E-state index contributed by atoms with van der Waals surface area (Å²) in [5, 5.41) is 6.64. The standard InChI is InChI=1S/C19H33N3O2/c1-5-20-19(21-13-9-6-10-14-23-4)22-15-17(3)24-18-12-8-7-11-16(18)2/h7-8,11-12,17H,5-6,9-10,13-15H2,1-4H3,(H2,20,21,22). The number of nitrogens with zero attached hydrogens (tertiary/aromatic N) is 1. The highest BCUT2D eigenvalue weighted by Gasteiger charge is 2.06. The number of hydrogen-bond acceptors (Lipinski definition) is 3. The average Bonchev–Trinajstić information content (AvgIpc) is 2.57. The van der Waals surface area contributed by atoms with Crippen molar-refractivity contribution in [3.8, 4) is 5.75 Å². The molecule has 0 fully saturated rings. The van der Waals surface area contributed by atoms with Crippen molar-refractivity contribution >= 4 is 5.96 Å². The number of aliphatic imine (C=N–C) groups is 1. The Bertz CT molecular complexity index is 477. The third-order valence-corrected chi connectivity index (χ3v) is 3.59. The van der Waals surface area contributed by atoms with Crippen LogP contribution < -0.4 is 15.4 Å². The summed E-state index contributed by atoms with van der Waals surface area (Å²) >= 11 is 0. The second-order valence-corrected chi connectivity index (χ2v) is 5.89. The molecule has 5 nitrogen and oxygen atoms in total. The summed E-state index contributed by atoms with van der Waals surface area (Å²) < 4.78 is 11.0. The smallest absolute Gasteiger partial charge is 0.191 e. The van der Waals surface area contributed by atoms with Crippen molar-refractivity contribution in [2.45, 2.75) is 46.1 Å². The lowest BCUT2D eigenvalue weighted by Crippen LogP contribution is -2.38. The third-order valence-electron chi connectivity index (χ3n) is 3.59. The lowest BCUT2D eigenvalue weighted by molar-refractivity contribution is 0.192. The van der Waals surface area contributed by atoms with Gasteiger partial charge in [-0.15, -0.1) is 0 Å². The molecule has 5 heteroatoms. The molecule has 1 aromatic rings. The van der Waals surface area contributed by atoms with E-state index in [-0.39, 0.29) is 6.10 Å². The van der Waals surface area contributed by atoms with Crippen molar-refractivity contribution in [2.75, 3.05) is 33.4 Å². The van der Waals surface area contributed by atoms with Gasteiger partial charge in [0.1, 0.15) is 11.9 Å². The Kier molecular flexibility index (Phi) is 10.7. The van der Waals surface area contributed by atoms with E-state index in [2.05, 4.69) is 35.5 Å². The van der Waals surface area contributed by atoms with Gasteiger partial charge in [-0.3, -0.25) is 0 Å². The van der Waals surface area contributed by atoms with Gasteiger partial charge in [0.2, 0.25) is 0 Å². The summed E-state index contributed by atoms with van der Waals surface area (Å²) in [6.07, 6.45) is 3.41. The number of rotatable bonds is 11. The molecule has 1 aromatic carbocycles. The Morgan fingerprint density at radius 1 is 1.17 bits per heavy atom. The van der Waals surface area contributed by atoms with Crippen LogP contribution >= 0.6 is 0 Å². The molecule has 0 aliphatic carbocycles. The molecule has 0 heterocycles. The van der Waals surface area contributed by atoms with Crippen LogP contribution in [0.5, 0.6) is 5.75 Å². The first-order chi connectivity index (χ1) is 11.7. The monoisotopic (exact) mass is 335 g/mol. The van der Waals surface area contributed by atoms with E-state index >= 15 is 0 Å². The van der Waals surface area contributed by atoms with E-state index in [0.717, 1.165) is 56.2 Å². The molecule has 1 atom stereocenters. The van der Waals surface area contributed by atoms with Gasteiger partial charge in [-0.2, -0.15) is 0 Å². The second-order valence-electron chi connectivity index (χ2n) is 5.89. The van der Waals surface area contributed by atoms with Crippen LogP contribution in [0.25, 0.3) is 0 Å². The minimum absolute atomic E-state index is 0.0308. The van der Waals surface area contributed by atoms with Crippen LogP contribution in [-0.2, 0) is 4.74 Å². The summed E-state index contributed by atoms with van der Waals surface area (Å²) in [7, 11) is 1.74. The van der Waals surface area contributed by atoms with Crippen molar-refractivity contribution < 1.29 is 9.47 Å². The minimum Gasteiger partial charge on any atom is -0.489 e. The highest BCUT2D eigenvalue weighted by molar-refractivity contribution is 5.79. The Labute approximate surface area is 146 Å². The first-order valence-electron chi connectivity index (χ1n) is 8.90. The van der Waals surface area contributed by atoms with Crippen LogP contribution in [0, 0.1) is 6.92 Å². The lowest BCUT2D eigenvalue weighted by atomic mass is 10.2. The summed E-state index contributed by atoms with van der Waals surface area (Å²) in [5.74, 6) is 1.78. The summed E-state index contributed by atoms with van der Waals surface area (Å²) in [4.78, 5) is 4.62. The number of para-hydroxylation sites is 1. The van der Waals surface area contributed by atoms with E-state index in [1.807, 2.05) is 25.1 Å². The van der Waals surface area contributed by atoms with Gasteiger partial charge in [0.15, 0.2) is 5.96 Å². The van der Waals surface area contributed by atoms with Gasteiger partial charge in [0.05, 0.1) is 6.54 Å². The predicted molar refractivity (Wildman–Crippen MR) is 101 cm³/mol. The van der Waals surface area contributed by atoms with Crippen molar-refractivity contribution in [3.05, 3.63) is 29.8 Å². The van der Waals surface area contributed by atoms with E-state index < -0.39 is 0 Å². The zero-order valence-corrected chi connectivity index (χ0v) is 15.6. The third kappa shape index (κ3) is 8.77. The zero-order chi connectivity index (χ0) is 17.6. The average molecular weight is 335 g/mol. The molecule has 1 unspecified atom stereocenters. The fraction of sp³-hybridized carbons (Fsp3) is 0.632. The Morgan fingerprint density at radius 3 is 2.67 bits per heavy atom. The van der Waals surface area contributed by atoms with Gasteiger partial charge < -0.3 is 20.1 Å². The number of unbranched alkanes of at least 4 members (excludes halogenated alkanes) is 2. The number of guanidine groups is 1. The van der Waals surface area contributed by atoms with Gasteiger partial charge in [0, 0.05) is 26.8 Å². The molecule has 136 valence electrons. The van der Waals surface area contributed by atoms with E-state index in [0.29, 0.717) is 6.54 Å². The number of benzene rings is 1. The number of nitrogens with one attached hydrogen (secondary N) is 2. The maximum absolute atomic E-state index is 5.97. The Hall–Kier alpha value is -1.75. The molecule has 0 saturated heterocycles. The normalized spacial score (nSPS) is 12.8. The molecule has 0 saturated carbocycles. The molecule has 24 heavy (non-hydrogen) atoms. The van der Waals surface area contributed by atoms with E-state index in [1.165, 1.54) is 0 Å². The predicted octanol–water partition coefficient (Wildman–Crippen LogP) is 3.13. The SMILES string of the molecule is CCNC(=NCC(C)Oc1ccccc1C)NCCCCCOC. The molecule has 0 amide bonds. The molecule has 2 N–H and O–H groups in total. The zero-order valence-electron chi connectivity index (χ0n) is 15.6. The van der Waals surface area contributed by atoms with Gasteiger partial charge in [-0.1, -0.05) is 18.2 Å². The van der Waals surface area contributed by atoms with Crippen LogP contribution in [-0.4, -0.2) is 45.4 Å². The molecule has 0 spiro atoms. The molecule has 0 radical (unpaired) electrons. The quantitative estimate of drug-likeness (QED) is 0.371. The molecular formula is C19H33N3O2. The van der Waals surface area contributed by atoms with E-state index in [9.17, 15) is 0 Å². The summed E-state index contributed by atoms with van der Waals surface area (Å²) in [6, 6.07) is 8.07. The fourth-order valence-corrected chi connectivity index (χ4v) is 2.26. The van der Waals surface area contributed by atoms with E-state index in [1.54, 1.807) is 7.11 Å². The molecule has 0 aliphatic heterocycles. The fourth-order valence-electron chi connectivity index (χ4n) is 2.26. The number of methoxy groups -OCH3 is 1. The minimum atomic E-state index is 0.0308. The molecule has 0 bridgehead atoms. The van der Waals surface area contributed by atoms with Crippen LogP contribution in [0.15, 0.2) is 29.3 Å².